The molecule has 1 aliphatic rings. The molecule has 5 nitrogen and oxygen atoms in total. The van der Waals surface area contributed by atoms with E-state index < -0.39 is 0 Å². The van der Waals surface area contributed by atoms with Gasteiger partial charge < -0.3 is 10.3 Å². The third kappa shape index (κ3) is 3.26. The van der Waals surface area contributed by atoms with Gasteiger partial charge in [-0.05, 0) is 17.9 Å². The molecule has 0 spiro atoms. The fourth-order valence-corrected chi connectivity index (χ4v) is 2.78. The highest BCUT2D eigenvalue weighted by Gasteiger charge is 2.25. The van der Waals surface area contributed by atoms with Crippen LogP contribution in [0.1, 0.15) is 18.3 Å². The fourth-order valence-electron chi connectivity index (χ4n) is 2.10. The summed E-state index contributed by atoms with van der Waals surface area (Å²) >= 11 is 1.81. The summed E-state index contributed by atoms with van der Waals surface area (Å²) < 4.78 is 0. The lowest BCUT2D eigenvalue weighted by molar-refractivity contribution is -0.123. The van der Waals surface area contributed by atoms with Crippen molar-refractivity contribution < 1.29 is 4.79 Å². The average Bonchev–Trinajstić information content (AvgIpc) is 2.83. The van der Waals surface area contributed by atoms with Crippen molar-refractivity contribution in [1.29, 1.82) is 0 Å². The second kappa shape index (κ2) is 6.24. The number of hydrogen-bond donors (Lipinski definition) is 3. The van der Waals surface area contributed by atoms with Crippen LogP contribution in [0.15, 0.2) is 6.33 Å². The van der Waals surface area contributed by atoms with Gasteiger partial charge in [0.15, 0.2) is 0 Å². The zero-order chi connectivity index (χ0) is 13.0. The van der Waals surface area contributed by atoms with Gasteiger partial charge in [0.25, 0.3) is 0 Å². The van der Waals surface area contributed by atoms with Crippen molar-refractivity contribution in [3.63, 3.8) is 0 Å². The molecule has 2 atom stereocenters. The van der Waals surface area contributed by atoms with Crippen molar-refractivity contribution >= 4 is 17.7 Å². The number of aromatic amines is 1. The maximum atomic E-state index is 12.0. The number of thioether (sulfide) groups is 1. The van der Waals surface area contributed by atoms with Crippen LogP contribution in [-0.4, -0.2) is 40.5 Å². The highest BCUT2D eigenvalue weighted by Crippen LogP contribution is 2.12. The van der Waals surface area contributed by atoms with Crippen LogP contribution in [0, 0.1) is 5.92 Å². The Hall–Kier alpha value is -1.01. The first-order chi connectivity index (χ1) is 8.70. The first-order valence-electron chi connectivity index (χ1n) is 6.22. The van der Waals surface area contributed by atoms with Gasteiger partial charge in [0.05, 0.1) is 23.8 Å². The minimum absolute atomic E-state index is 0.0802. The summed E-state index contributed by atoms with van der Waals surface area (Å²) in [4.78, 5) is 19.3. The van der Waals surface area contributed by atoms with Gasteiger partial charge in [0, 0.05) is 19.5 Å². The summed E-state index contributed by atoms with van der Waals surface area (Å²) in [7, 11) is 0. The van der Waals surface area contributed by atoms with Crippen LogP contribution in [0.5, 0.6) is 0 Å². The van der Waals surface area contributed by atoms with E-state index >= 15 is 0 Å². The Kier molecular flexibility index (Phi) is 4.66. The van der Waals surface area contributed by atoms with Crippen molar-refractivity contribution in [3.8, 4) is 0 Å². The molecule has 0 aromatic carbocycles. The van der Waals surface area contributed by atoms with Gasteiger partial charge in [-0.2, -0.15) is 11.8 Å². The number of nitrogens with zero attached hydrogens (tertiary/aromatic N) is 1. The molecule has 1 aromatic rings. The number of rotatable bonds is 5. The second-order valence-corrected chi connectivity index (χ2v) is 5.68. The van der Waals surface area contributed by atoms with E-state index in [9.17, 15) is 4.79 Å². The molecule has 0 saturated carbocycles. The quantitative estimate of drug-likeness (QED) is 0.729. The van der Waals surface area contributed by atoms with E-state index in [-0.39, 0.29) is 11.9 Å². The Bertz CT molecular complexity index is 407. The third-order valence-electron chi connectivity index (χ3n) is 3.12. The maximum Gasteiger partial charge on any atom is 0.237 e. The van der Waals surface area contributed by atoms with Crippen molar-refractivity contribution in [2.24, 2.45) is 5.92 Å². The van der Waals surface area contributed by atoms with Crippen LogP contribution in [0.4, 0.5) is 0 Å². The standard InChI is InChI=1S/C12H20N4OS/c1-8(6-18-2)4-14-12(17)10-3-9-11(5-13-10)16-7-15-9/h7-8,10,13H,3-6H2,1-2H3,(H,14,17)(H,15,16). The number of hydrogen-bond acceptors (Lipinski definition) is 4. The number of nitrogens with one attached hydrogen (secondary N) is 3. The first kappa shape index (κ1) is 13.4. The average molecular weight is 268 g/mol. The largest absolute Gasteiger partial charge is 0.354 e. The zero-order valence-corrected chi connectivity index (χ0v) is 11.6. The fraction of sp³-hybridized carbons (Fsp3) is 0.667. The number of aromatic nitrogens is 2. The number of carbonyl (C=O) groups is 1. The second-order valence-electron chi connectivity index (χ2n) is 4.77. The van der Waals surface area contributed by atoms with Gasteiger partial charge in [-0.1, -0.05) is 6.92 Å². The summed E-state index contributed by atoms with van der Waals surface area (Å²) in [6, 6.07) is -0.151. The van der Waals surface area contributed by atoms with Crippen LogP contribution in [0.3, 0.4) is 0 Å². The summed E-state index contributed by atoms with van der Waals surface area (Å²) in [6.07, 6.45) is 4.44. The lowest BCUT2D eigenvalue weighted by atomic mass is 10.0. The van der Waals surface area contributed by atoms with Crippen LogP contribution >= 0.6 is 11.8 Å². The van der Waals surface area contributed by atoms with Crippen LogP contribution in [-0.2, 0) is 17.8 Å². The van der Waals surface area contributed by atoms with Crippen LogP contribution in [0.25, 0.3) is 0 Å². The van der Waals surface area contributed by atoms with Crippen LogP contribution < -0.4 is 10.6 Å². The molecule has 2 unspecified atom stereocenters. The Morgan fingerprint density at radius 2 is 2.56 bits per heavy atom. The van der Waals surface area contributed by atoms with Crippen molar-refractivity contribution in [2.45, 2.75) is 25.9 Å². The predicted octanol–water partition coefficient (Wildman–Crippen LogP) is 0.539. The molecule has 2 heterocycles. The van der Waals surface area contributed by atoms with E-state index in [0.717, 1.165) is 23.7 Å². The molecule has 0 bridgehead atoms. The summed E-state index contributed by atoms with van der Waals surface area (Å²) in [5.41, 5.74) is 2.10. The Labute approximate surface area is 112 Å². The molecule has 3 N–H and O–H groups in total. The number of H-pyrrole nitrogens is 1. The number of carbonyl (C=O) groups excluding carboxylic acids is 1. The number of fused-ring (bicyclic) bond motifs is 1. The molecule has 1 aliphatic heterocycles. The van der Waals surface area contributed by atoms with E-state index in [4.69, 9.17) is 0 Å². The van der Waals surface area contributed by atoms with E-state index in [1.165, 1.54) is 0 Å². The smallest absolute Gasteiger partial charge is 0.237 e. The third-order valence-corrected chi connectivity index (χ3v) is 4.03. The van der Waals surface area contributed by atoms with Gasteiger partial charge in [0.1, 0.15) is 0 Å². The van der Waals surface area contributed by atoms with Gasteiger partial charge >= 0.3 is 0 Å². The molecule has 1 aromatic heterocycles. The molecular weight excluding hydrogens is 248 g/mol. The van der Waals surface area contributed by atoms with E-state index in [1.54, 1.807) is 6.33 Å². The molecule has 0 radical (unpaired) electrons. The summed E-state index contributed by atoms with van der Waals surface area (Å²) in [6.45, 7) is 3.58. The van der Waals surface area contributed by atoms with Gasteiger partial charge in [-0.15, -0.1) is 0 Å². The van der Waals surface area contributed by atoms with E-state index in [1.807, 2.05) is 11.8 Å². The SMILES string of the molecule is CSCC(C)CNC(=O)C1Cc2nc[nH]c2CN1. The van der Waals surface area contributed by atoms with E-state index in [0.29, 0.717) is 18.9 Å². The Morgan fingerprint density at radius 3 is 3.33 bits per heavy atom. The topological polar surface area (TPSA) is 69.8 Å². The zero-order valence-electron chi connectivity index (χ0n) is 10.8. The van der Waals surface area contributed by atoms with Crippen molar-refractivity contribution in [3.05, 3.63) is 17.7 Å². The molecule has 18 heavy (non-hydrogen) atoms. The number of amides is 1. The van der Waals surface area contributed by atoms with E-state index in [2.05, 4.69) is 33.8 Å². The normalized spacial score (nSPS) is 20.2. The van der Waals surface area contributed by atoms with Gasteiger partial charge in [0.2, 0.25) is 5.91 Å². The monoisotopic (exact) mass is 268 g/mol. The molecule has 1 amide bonds. The summed E-state index contributed by atoms with van der Waals surface area (Å²) in [5, 5.41) is 6.24. The molecule has 6 heteroatoms. The minimum Gasteiger partial charge on any atom is -0.354 e. The molecule has 2 rings (SSSR count). The minimum atomic E-state index is -0.151. The molecule has 100 valence electrons. The predicted molar refractivity (Wildman–Crippen MR) is 73.5 cm³/mol. The van der Waals surface area contributed by atoms with Gasteiger partial charge in [-0.3, -0.25) is 10.1 Å². The number of imidazole rings is 1. The van der Waals surface area contributed by atoms with Crippen molar-refractivity contribution in [2.75, 3.05) is 18.6 Å². The maximum absolute atomic E-state index is 12.0. The molecular formula is C12H20N4OS. The molecule has 0 aliphatic carbocycles. The first-order valence-corrected chi connectivity index (χ1v) is 7.61. The lowest BCUT2D eigenvalue weighted by Crippen LogP contribution is -2.48. The Morgan fingerprint density at radius 1 is 1.72 bits per heavy atom. The van der Waals surface area contributed by atoms with Gasteiger partial charge in [-0.25, -0.2) is 4.98 Å². The Balaban J connectivity index is 1.80. The van der Waals surface area contributed by atoms with Crippen LogP contribution in [0.2, 0.25) is 0 Å². The highest BCUT2D eigenvalue weighted by molar-refractivity contribution is 7.98. The summed E-state index contributed by atoms with van der Waals surface area (Å²) in [5.74, 6) is 1.66. The molecule has 0 fully saturated rings. The van der Waals surface area contributed by atoms with Crippen molar-refractivity contribution in [1.82, 2.24) is 20.6 Å². The highest BCUT2D eigenvalue weighted by atomic mass is 32.2. The molecule has 0 saturated heterocycles. The lowest BCUT2D eigenvalue weighted by Gasteiger charge is -2.23.